The number of sulfonamides is 1. The summed E-state index contributed by atoms with van der Waals surface area (Å²) in [6, 6.07) is 0. The molecule has 0 bridgehead atoms. The maximum atomic E-state index is 12.1. The van der Waals surface area contributed by atoms with Crippen molar-refractivity contribution >= 4 is 10.0 Å². The van der Waals surface area contributed by atoms with Crippen LogP contribution < -0.4 is 4.72 Å². The maximum Gasteiger partial charge on any atom is 0.261 e. The zero-order valence-electron chi connectivity index (χ0n) is 10.8. The van der Waals surface area contributed by atoms with Gasteiger partial charge in [0.25, 0.3) is 10.0 Å². The normalized spacial score (nSPS) is 14.1. The highest BCUT2D eigenvalue weighted by molar-refractivity contribution is 7.93. The van der Waals surface area contributed by atoms with Crippen molar-refractivity contribution in [3.8, 4) is 0 Å². The third-order valence-corrected chi connectivity index (χ3v) is 3.22. The van der Waals surface area contributed by atoms with Crippen LogP contribution in [0.5, 0.6) is 0 Å². The van der Waals surface area contributed by atoms with Crippen LogP contribution in [-0.4, -0.2) is 8.42 Å². The molecule has 0 fully saturated rings. The minimum absolute atomic E-state index is 0.152. The summed E-state index contributed by atoms with van der Waals surface area (Å²) >= 11 is 0. The summed E-state index contributed by atoms with van der Waals surface area (Å²) < 4.78 is 26.6. The van der Waals surface area contributed by atoms with Crippen molar-refractivity contribution < 1.29 is 8.42 Å². The Morgan fingerprint density at radius 1 is 1.00 bits per heavy atom. The van der Waals surface area contributed by atoms with Crippen LogP contribution in [0, 0.1) is 0 Å². The predicted octanol–water partition coefficient (Wildman–Crippen LogP) is 3.20. The smallest absolute Gasteiger partial charge is 0.261 e. The van der Waals surface area contributed by atoms with Crippen molar-refractivity contribution in [1.82, 2.24) is 4.72 Å². The van der Waals surface area contributed by atoms with Crippen LogP contribution in [0.1, 0.15) is 13.8 Å². The lowest BCUT2D eigenvalue weighted by Crippen LogP contribution is -2.23. The van der Waals surface area contributed by atoms with E-state index in [1.54, 1.807) is 38.2 Å². The van der Waals surface area contributed by atoms with E-state index in [4.69, 9.17) is 0 Å². The second kappa shape index (κ2) is 8.31. The van der Waals surface area contributed by atoms with E-state index in [9.17, 15) is 8.42 Å². The fourth-order valence-electron chi connectivity index (χ4n) is 1.16. The summed E-state index contributed by atoms with van der Waals surface area (Å²) in [5, 5.41) is 0. The number of rotatable bonds is 7. The van der Waals surface area contributed by atoms with E-state index >= 15 is 0 Å². The third-order valence-electron chi connectivity index (χ3n) is 1.82. The maximum absolute atomic E-state index is 12.1. The summed E-state index contributed by atoms with van der Waals surface area (Å²) in [6.45, 7) is 10.6. The lowest BCUT2D eigenvalue weighted by Gasteiger charge is -2.09. The largest absolute Gasteiger partial charge is 0.280 e. The summed E-state index contributed by atoms with van der Waals surface area (Å²) in [7, 11) is -3.60. The van der Waals surface area contributed by atoms with Crippen molar-refractivity contribution in [3.63, 3.8) is 0 Å². The zero-order chi connectivity index (χ0) is 14.0. The molecule has 0 aliphatic heterocycles. The number of hydrogen-bond acceptors (Lipinski definition) is 2. The SMILES string of the molecule is C=C/C=C(\C=C/C)NS(=O)(=O)C(/C=C\C)=C/C=C. The van der Waals surface area contributed by atoms with Crippen molar-refractivity contribution in [2.75, 3.05) is 0 Å². The van der Waals surface area contributed by atoms with Crippen LogP contribution >= 0.6 is 0 Å². The molecule has 0 unspecified atom stereocenters. The molecule has 0 radical (unpaired) electrons. The molecule has 0 rings (SSSR count). The van der Waals surface area contributed by atoms with E-state index in [0.717, 1.165) is 0 Å². The first-order valence-corrected chi connectivity index (χ1v) is 6.93. The molecule has 18 heavy (non-hydrogen) atoms. The van der Waals surface area contributed by atoms with Crippen molar-refractivity contribution in [3.05, 3.63) is 72.4 Å². The van der Waals surface area contributed by atoms with Gasteiger partial charge in [-0.25, -0.2) is 8.42 Å². The summed E-state index contributed by atoms with van der Waals surface area (Å²) in [6.07, 6.45) is 12.5. The van der Waals surface area contributed by atoms with Crippen LogP contribution in [0.4, 0.5) is 0 Å². The highest BCUT2D eigenvalue weighted by Crippen LogP contribution is 2.09. The Hall–Kier alpha value is -1.81. The van der Waals surface area contributed by atoms with Gasteiger partial charge >= 0.3 is 0 Å². The minimum atomic E-state index is -3.60. The van der Waals surface area contributed by atoms with E-state index < -0.39 is 10.0 Å². The number of hydrogen-bond donors (Lipinski definition) is 1. The van der Waals surface area contributed by atoms with Gasteiger partial charge in [0.05, 0.1) is 4.91 Å². The zero-order valence-corrected chi connectivity index (χ0v) is 11.6. The first-order chi connectivity index (χ1) is 8.51. The van der Waals surface area contributed by atoms with Gasteiger partial charge in [0.1, 0.15) is 0 Å². The fraction of sp³-hybridized carbons (Fsp3) is 0.143. The molecule has 0 spiro atoms. The average Bonchev–Trinajstić information content (AvgIpc) is 2.29. The molecule has 4 heteroatoms. The lowest BCUT2D eigenvalue weighted by molar-refractivity contribution is 0.596. The lowest BCUT2D eigenvalue weighted by atomic mass is 10.4. The standard InChI is InChI=1S/C14H19NO2S/c1-5-9-13(10-6-2)15-18(16,17)14(11-7-3)12-8-4/h5-12,15H,1,3H2,2,4H3/b10-6-,12-8-,13-9+,14-11+. The van der Waals surface area contributed by atoms with Gasteiger partial charge in [-0.1, -0.05) is 37.5 Å². The second-order valence-corrected chi connectivity index (χ2v) is 4.95. The van der Waals surface area contributed by atoms with E-state index in [2.05, 4.69) is 17.9 Å². The molecular weight excluding hydrogens is 246 g/mol. The van der Waals surface area contributed by atoms with E-state index in [0.29, 0.717) is 5.70 Å². The Balaban J connectivity index is 5.38. The topological polar surface area (TPSA) is 46.2 Å². The van der Waals surface area contributed by atoms with Crippen LogP contribution in [0.25, 0.3) is 0 Å². The van der Waals surface area contributed by atoms with Crippen molar-refractivity contribution in [1.29, 1.82) is 0 Å². The molecule has 0 aromatic rings. The summed E-state index contributed by atoms with van der Waals surface area (Å²) in [4.78, 5) is 0.152. The first-order valence-electron chi connectivity index (χ1n) is 5.45. The summed E-state index contributed by atoms with van der Waals surface area (Å²) in [5.41, 5.74) is 0.451. The molecule has 0 heterocycles. The Kier molecular flexibility index (Phi) is 7.47. The molecular formula is C14H19NO2S. The molecule has 0 atom stereocenters. The van der Waals surface area contributed by atoms with Crippen LogP contribution in [0.3, 0.4) is 0 Å². The Bertz CT molecular complexity index is 506. The van der Waals surface area contributed by atoms with Gasteiger partial charge in [0.15, 0.2) is 0 Å². The number of nitrogens with one attached hydrogen (secondary N) is 1. The van der Waals surface area contributed by atoms with Crippen LogP contribution in [-0.2, 0) is 10.0 Å². The second-order valence-electron chi connectivity index (χ2n) is 3.27. The van der Waals surface area contributed by atoms with Crippen molar-refractivity contribution in [2.24, 2.45) is 0 Å². The fourth-order valence-corrected chi connectivity index (χ4v) is 2.31. The van der Waals surface area contributed by atoms with Gasteiger partial charge in [-0.3, -0.25) is 4.72 Å². The molecule has 0 amide bonds. The third kappa shape index (κ3) is 5.50. The molecule has 0 aromatic heterocycles. The van der Waals surface area contributed by atoms with E-state index in [1.165, 1.54) is 24.3 Å². The minimum Gasteiger partial charge on any atom is -0.280 e. The average molecular weight is 265 g/mol. The van der Waals surface area contributed by atoms with E-state index in [-0.39, 0.29) is 4.91 Å². The van der Waals surface area contributed by atoms with Crippen molar-refractivity contribution in [2.45, 2.75) is 13.8 Å². The van der Waals surface area contributed by atoms with E-state index in [1.807, 2.05) is 0 Å². The molecule has 0 saturated carbocycles. The first kappa shape index (κ1) is 16.2. The Morgan fingerprint density at radius 3 is 2.00 bits per heavy atom. The van der Waals surface area contributed by atoms with Crippen LogP contribution in [0.2, 0.25) is 0 Å². The molecule has 98 valence electrons. The number of allylic oxidation sites excluding steroid dienone is 8. The van der Waals surface area contributed by atoms with Gasteiger partial charge in [-0.15, -0.1) is 0 Å². The molecule has 0 saturated heterocycles. The summed E-state index contributed by atoms with van der Waals surface area (Å²) in [5.74, 6) is 0. The molecule has 0 aromatic carbocycles. The van der Waals surface area contributed by atoms with Gasteiger partial charge in [0.2, 0.25) is 0 Å². The van der Waals surface area contributed by atoms with Gasteiger partial charge in [-0.05, 0) is 38.2 Å². The highest BCUT2D eigenvalue weighted by Gasteiger charge is 2.14. The highest BCUT2D eigenvalue weighted by atomic mass is 32.2. The van der Waals surface area contributed by atoms with Crippen LogP contribution in [0.15, 0.2) is 72.4 Å². The molecule has 0 aliphatic carbocycles. The van der Waals surface area contributed by atoms with Gasteiger partial charge < -0.3 is 0 Å². The van der Waals surface area contributed by atoms with Gasteiger partial charge in [-0.2, -0.15) is 0 Å². The molecule has 0 aliphatic rings. The Morgan fingerprint density at radius 2 is 1.56 bits per heavy atom. The molecule has 3 nitrogen and oxygen atoms in total. The quantitative estimate of drug-likeness (QED) is 0.718. The predicted molar refractivity (Wildman–Crippen MR) is 78.2 cm³/mol. The molecule has 1 N–H and O–H groups in total. The monoisotopic (exact) mass is 265 g/mol. The van der Waals surface area contributed by atoms with Gasteiger partial charge in [0, 0.05) is 5.70 Å². The Labute approximate surface area is 110 Å².